The summed E-state index contributed by atoms with van der Waals surface area (Å²) in [5.74, 6) is 0.344. The minimum absolute atomic E-state index is 0.344. The predicted octanol–water partition coefficient (Wildman–Crippen LogP) is 0.250. The van der Waals surface area contributed by atoms with Crippen molar-refractivity contribution in [2.24, 2.45) is 5.41 Å². The Morgan fingerprint density at radius 3 is 2.94 bits per heavy atom. The molecule has 2 aliphatic heterocycles. The molecule has 0 radical (unpaired) electrons. The number of carbonyl (C=O) groups excluding carboxylic acids is 1. The molecule has 0 aromatic heterocycles. The van der Waals surface area contributed by atoms with Crippen LogP contribution in [0.25, 0.3) is 0 Å². The molecule has 4 nitrogen and oxygen atoms in total. The first-order valence-electron chi connectivity index (χ1n) is 6.39. The Morgan fingerprint density at radius 2 is 2.31 bits per heavy atom. The third kappa shape index (κ3) is 1.96. The van der Waals surface area contributed by atoms with Gasteiger partial charge in [-0.2, -0.15) is 0 Å². The molecule has 3 fully saturated rings. The van der Waals surface area contributed by atoms with E-state index in [0.29, 0.717) is 23.9 Å². The smallest absolute Gasteiger partial charge is 0.238 e. The highest BCUT2D eigenvalue weighted by molar-refractivity contribution is 5.80. The van der Waals surface area contributed by atoms with Crippen LogP contribution in [0, 0.1) is 5.41 Å². The molecule has 1 atom stereocenters. The topological polar surface area (TPSA) is 35.6 Å². The lowest BCUT2D eigenvalue weighted by Gasteiger charge is -2.28. The first-order chi connectivity index (χ1) is 7.66. The second-order valence-corrected chi connectivity index (χ2v) is 5.96. The zero-order valence-corrected chi connectivity index (χ0v) is 10.0. The molecule has 0 aromatic rings. The van der Waals surface area contributed by atoms with Crippen LogP contribution < -0.4 is 5.32 Å². The molecule has 1 N–H and O–H groups in total. The van der Waals surface area contributed by atoms with Gasteiger partial charge in [-0.05, 0) is 31.2 Å². The predicted molar refractivity (Wildman–Crippen MR) is 61.9 cm³/mol. The molecule has 1 aliphatic carbocycles. The Bertz CT molecular complexity index is 295. The minimum Gasteiger partial charge on any atom is -0.326 e. The molecule has 2 heterocycles. The Kier molecular flexibility index (Phi) is 2.44. The highest BCUT2D eigenvalue weighted by Gasteiger charge is 2.40. The van der Waals surface area contributed by atoms with Crippen LogP contribution in [0.1, 0.15) is 26.2 Å². The first kappa shape index (κ1) is 10.5. The maximum absolute atomic E-state index is 11.8. The summed E-state index contributed by atoms with van der Waals surface area (Å²) in [6, 6.07) is 0.576. The fraction of sp³-hybridized carbons (Fsp3) is 0.917. The second kappa shape index (κ2) is 3.70. The van der Waals surface area contributed by atoms with Gasteiger partial charge < -0.3 is 10.2 Å². The van der Waals surface area contributed by atoms with Crippen molar-refractivity contribution < 1.29 is 4.79 Å². The lowest BCUT2D eigenvalue weighted by atomic mass is 9.89. The number of carbonyl (C=O) groups is 1. The van der Waals surface area contributed by atoms with Gasteiger partial charge in [-0.3, -0.25) is 9.69 Å². The van der Waals surface area contributed by atoms with E-state index in [9.17, 15) is 4.79 Å². The summed E-state index contributed by atoms with van der Waals surface area (Å²) in [6.45, 7) is 7.14. The van der Waals surface area contributed by atoms with E-state index in [2.05, 4.69) is 22.0 Å². The van der Waals surface area contributed by atoms with Crippen molar-refractivity contribution in [3.05, 3.63) is 0 Å². The number of amides is 1. The average molecular weight is 223 g/mol. The summed E-state index contributed by atoms with van der Waals surface area (Å²) in [5, 5.41) is 3.42. The van der Waals surface area contributed by atoms with Gasteiger partial charge >= 0.3 is 0 Å². The molecule has 0 spiro atoms. The first-order valence-corrected chi connectivity index (χ1v) is 6.39. The van der Waals surface area contributed by atoms with Gasteiger partial charge in [0.05, 0.1) is 13.2 Å². The van der Waals surface area contributed by atoms with Gasteiger partial charge in [0.2, 0.25) is 5.91 Å². The van der Waals surface area contributed by atoms with Crippen molar-refractivity contribution >= 4 is 5.91 Å². The molecular formula is C12H21N3O. The summed E-state index contributed by atoms with van der Waals surface area (Å²) < 4.78 is 0. The maximum Gasteiger partial charge on any atom is 0.238 e. The summed E-state index contributed by atoms with van der Waals surface area (Å²) in [6.07, 6.45) is 3.68. The third-order valence-electron chi connectivity index (χ3n) is 4.08. The SMILES string of the molecule is CC1(CN2CC(=O)N(C3CC3)C2)CCNC1. The van der Waals surface area contributed by atoms with Gasteiger partial charge in [0.1, 0.15) is 0 Å². The molecule has 1 saturated carbocycles. The van der Waals surface area contributed by atoms with E-state index in [-0.39, 0.29) is 0 Å². The van der Waals surface area contributed by atoms with Gasteiger partial charge in [0.15, 0.2) is 0 Å². The molecule has 0 aromatic carbocycles. The van der Waals surface area contributed by atoms with E-state index in [1.807, 2.05) is 0 Å². The molecular weight excluding hydrogens is 202 g/mol. The Balaban J connectivity index is 1.58. The summed E-state index contributed by atoms with van der Waals surface area (Å²) >= 11 is 0. The van der Waals surface area contributed by atoms with E-state index in [0.717, 1.165) is 26.3 Å². The fourth-order valence-electron chi connectivity index (χ4n) is 2.98. The molecule has 0 bridgehead atoms. The van der Waals surface area contributed by atoms with E-state index in [4.69, 9.17) is 0 Å². The van der Waals surface area contributed by atoms with Crippen molar-refractivity contribution in [2.45, 2.75) is 32.2 Å². The Labute approximate surface area is 97.0 Å². The van der Waals surface area contributed by atoms with Crippen LogP contribution in [0.2, 0.25) is 0 Å². The molecule has 3 aliphatic rings. The highest BCUT2D eigenvalue weighted by atomic mass is 16.2. The number of nitrogens with zero attached hydrogens (tertiary/aromatic N) is 2. The van der Waals surface area contributed by atoms with E-state index < -0.39 is 0 Å². The van der Waals surface area contributed by atoms with Crippen molar-refractivity contribution in [1.82, 2.24) is 15.1 Å². The number of hydrogen-bond acceptors (Lipinski definition) is 3. The number of rotatable bonds is 3. The van der Waals surface area contributed by atoms with Crippen LogP contribution >= 0.6 is 0 Å². The van der Waals surface area contributed by atoms with Crippen LogP contribution in [-0.2, 0) is 4.79 Å². The third-order valence-corrected chi connectivity index (χ3v) is 4.08. The van der Waals surface area contributed by atoms with Crippen molar-refractivity contribution in [3.8, 4) is 0 Å². The van der Waals surface area contributed by atoms with Gasteiger partial charge in [-0.1, -0.05) is 6.92 Å². The monoisotopic (exact) mass is 223 g/mol. The van der Waals surface area contributed by atoms with Gasteiger partial charge in [-0.15, -0.1) is 0 Å². The van der Waals surface area contributed by atoms with Gasteiger partial charge in [0, 0.05) is 19.1 Å². The molecule has 90 valence electrons. The van der Waals surface area contributed by atoms with Crippen LogP contribution in [0.4, 0.5) is 0 Å². The largest absolute Gasteiger partial charge is 0.326 e. The standard InChI is InChI=1S/C12H21N3O/c1-12(4-5-13-7-12)8-14-6-11(16)15(9-14)10-2-3-10/h10,13H,2-9H2,1H3. The normalized spacial score (nSPS) is 36.3. The molecule has 1 unspecified atom stereocenters. The number of hydrogen-bond donors (Lipinski definition) is 1. The van der Waals surface area contributed by atoms with Gasteiger partial charge in [-0.25, -0.2) is 0 Å². The van der Waals surface area contributed by atoms with Crippen LogP contribution in [0.3, 0.4) is 0 Å². The summed E-state index contributed by atoms with van der Waals surface area (Å²) in [5.41, 5.74) is 0.375. The molecule has 1 amide bonds. The summed E-state index contributed by atoms with van der Waals surface area (Å²) in [7, 11) is 0. The molecule has 2 saturated heterocycles. The number of nitrogens with one attached hydrogen (secondary N) is 1. The van der Waals surface area contributed by atoms with Crippen molar-refractivity contribution in [1.29, 1.82) is 0 Å². The highest BCUT2D eigenvalue weighted by Crippen LogP contribution is 2.31. The quantitative estimate of drug-likeness (QED) is 0.745. The Morgan fingerprint density at radius 1 is 1.50 bits per heavy atom. The lowest BCUT2D eigenvalue weighted by Crippen LogP contribution is -2.37. The van der Waals surface area contributed by atoms with E-state index in [1.165, 1.54) is 19.3 Å². The van der Waals surface area contributed by atoms with Crippen molar-refractivity contribution in [2.75, 3.05) is 32.8 Å². The Hall–Kier alpha value is -0.610. The van der Waals surface area contributed by atoms with Crippen LogP contribution in [0.15, 0.2) is 0 Å². The van der Waals surface area contributed by atoms with Crippen molar-refractivity contribution in [3.63, 3.8) is 0 Å². The zero-order chi connectivity index (χ0) is 11.2. The zero-order valence-electron chi connectivity index (χ0n) is 10.0. The molecule has 3 rings (SSSR count). The second-order valence-electron chi connectivity index (χ2n) is 5.96. The van der Waals surface area contributed by atoms with E-state index >= 15 is 0 Å². The minimum atomic E-state index is 0.344. The van der Waals surface area contributed by atoms with E-state index in [1.54, 1.807) is 0 Å². The summed E-state index contributed by atoms with van der Waals surface area (Å²) in [4.78, 5) is 16.2. The molecule has 16 heavy (non-hydrogen) atoms. The molecule has 4 heteroatoms. The van der Waals surface area contributed by atoms with Crippen LogP contribution in [-0.4, -0.2) is 54.6 Å². The van der Waals surface area contributed by atoms with Gasteiger partial charge in [0.25, 0.3) is 0 Å². The maximum atomic E-state index is 11.8. The van der Waals surface area contributed by atoms with Crippen LogP contribution in [0.5, 0.6) is 0 Å². The fourth-order valence-corrected chi connectivity index (χ4v) is 2.98. The lowest BCUT2D eigenvalue weighted by molar-refractivity contribution is -0.127. The average Bonchev–Trinajstić information content (AvgIpc) is 2.89.